The normalized spacial score (nSPS) is 14.4. The average molecular weight is 162 g/mol. The van der Waals surface area contributed by atoms with Crippen molar-refractivity contribution >= 4 is 11.8 Å². The molecule has 1 heterocycles. The molecule has 0 saturated heterocycles. The molecule has 0 aromatic heterocycles. The molecule has 3 nitrogen and oxygen atoms in total. The van der Waals surface area contributed by atoms with Gasteiger partial charge in [-0.05, 0) is 18.6 Å². The quantitative estimate of drug-likeness (QED) is 0.326. The van der Waals surface area contributed by atoms with Gasteiger partial charge in [0, 0.05) is 0 Å². The number of fused-ring (bicyclic) bond motifs is 1. The van der Waals surface area contributed by atoms with Crippen molar-refractivity contribution in [3.05, 3.63) is 29.3 Å². The fraction of sp³-hybridized carbons (Fsp3) is 0.111. The summed E-state index contributed by atoms with van der Waals surface area (Å²) in [6, 6.07) is 5.14. The second-order valence-corrected chi connectivity index (χ2v) is 2.67. The number of benzene rings is 1. The highest BCUT2D eigenvalue weighted by atomic mass is 16.5. The zero-order valence-electron chi connectivity index (χ0n) is 6.46. The van der Waals surface area contributed by atoms with Gasteiger partial charge in [-0.3, -0.25) is 4.79 Å². The predicted molar refractivity (Wildman–Crippen MR) is 41.1 cm³/mol. The highest BCUT2D eigenvalue weighted by Crippen LogP contribution is 2.27. The SMILES string of the molecule is Cc1cccc2c1C(=O)C(=O)O2. The Morgan fingerprint density at radius 3 is 2.67 bits per heavy atom. The minimum absolute atomic E-state index is 0.380. The van der Waals surface area contributed by atoms with E-state index >= 15 is 0 Å². The topological polar surface area (TPSA) is 43.4 Å². The van der Waals surface area contributed by atoms with Gasteiger partial charge in [0.05, 0.1) is 5.56 Å². The molecule has 0 radical (unpaired) electrons. The lowest BCUT2D eigenvalue weighted by Crippen LogP contribution is -2.10. The molecule has 1 aliphatic rings. The van der Waals surface area contributed by atoms with Crippen LogP contribution in [-0.2, 0) is 4.79 Å². The zero-order valence-corrected chi connectivity index (χ0v) is 6.46. The Kier molecular flexibility index (Phi) is 1.27. The smallest absolute Gasteiger partial charge is 0.385 e. The van der Waals surface area contributed by atoms with Gasteiger partial charge >= 0.3 is 5.97 Å². The molecular formula is C9H6O3. The summed E-state index contributed by atoms with van der Waals surface area (Å²) in [7, 11) is 0. The Balaban J connectivity index is 2.70. The lowest BCUT2D eigenvalue weighted by Gasteiger charge is -1.96. The molecule has 0 aliphatic carbocycles. The van der Waals surface area contributed by atoms with Crippen molar-refractivity contribution in [2.75, 3.05) is 0 Å². The Bertz CT molecular complexity index is 379. The van der Waals surface area contributed by atoms with Crippen molar-refractivity contribution in [1.82, 2.24) is 0 Å². The van der Waals surface area contributed by atoms with Crippen LogP contribution in [0.5, 0.6) is 5.75 Å². The maximum atomic E-state index is 11.1. The van der Waals surface area contributed by atoms with Crippen molar-refractivity contribution in [2.45, 2.75) is 6.92 Å². The number of Topliss-reactive ketones (excluding diaryl/α,β-unsaturated/α-hetero) is 1. The Labute approximate surface area is 69.0 Å². The van der Waals surface area contributed by atoms with Crippen LogP contribution >= 0.6 is 0 Å². The summed E-state index contributed by atoms with van der Waals surface area (Å²) in [5.41, 5.74) is 1.19. The summed E-state index contributed by atoms with van der Waals surface area (Å²) < 4.78 is 4.71. The van der Waals surface area contributed by atoms with Crippen LogP contribution in [0.2, 0.25) is 0 Å². The highest BCUT2D eigenvalue weighted by Gasteiger charge is 2.31. The maximum absolute atomic E-state index is 11.1. The lowest BCUT2D eigenvalue weighted by molar-refractivity contribution is -0.128. The molecule has 1 aromatic carbocycles. The van der Waals surface area contributed by atoms with Crippen LogP contribution in [0.3, 0.4) is 0 Å². The van der Waals surface area contributed by atoms with Crippen LogP contribution in [-0.4, -0.2) is 11.8 Å². The summed E-state index contributed by atoms with van der Waals surface area (Å²) in [5, 5.41) is 0. The molecule has 0 saturated carbocycles. The first kappa shape index (κ1) is 7.03. The average Bonchev–Trinajstić information content (AvgIpc) is 2.29. The van der Waals surface area contributed by atoms with E-state index in [9.17, 15) is 9.59 Å². The van der Waals surface area contributed by atoms with E-state index in [0.29, 0.717) is 11.3 Å². The highest BCUT2D eigenvalue weighted by molar-refractivity contribution is 6.44. The largest absolute Gasteiger partial charge is 0.420 e. The molecule has 0 amide bonds. The molecule has 0 spiro atoms. The fourth-order valence-electron chi connectivity index (χ4n) is 1.27. The lowest BCUT2D eigenvalue weighted by atomic mass is 10.1. The number of carbonyl (C=O) groups excluding carboxylic acids is 2. The molecule has 1 aromatic rings. The number of hydrogen-bond donors (Lipinski definition) is 0. The molecular weight excluding hydrogens is 156 g/mol. The molecule has 0 fully saturated rings. The predicted octanol–water partition coefficient (Wildman–Crippen LogP) is 1.10. The third-order valence-corrected chi connectivity index (χ3v) is 1.85. The minimum atomic E-state index is -0.778. The van der Waals surface area contributed by atoms with Crippen molar-refractivity contribution in [1.29, 1.82) is 0 Å². The van der Waals surface area contributed by atoms with Gasteiger partial charge in [0.15, 0.2) is 0 Å². The van der Waals surface area contributed by atoms with E-state index in [-0.39, 0.29) is 0 Å². The van der Waals surface area contributed by atoms with E-state index in [1.165, 1.54) is 0 Å². The van der Waals surface area contributed by atoms with E-state index in [1.54, 1.807) is 25.1 Å². The van der Waals surface area contributed by atoms with Crippen molar-refractivity contribution in [3.63, 3.8) is 0 Å². The summed E-state index contributed by atoms with van der Waals surface area (Å²) >= 11 is 0. The number of aryl methyl sites for hydroxylation is 1. The van der Waals surface area contributed by atoms with E-state index in [0.717, 1.165) is 5.56 Å². The van der Waals surface area contributed by atoms with Crippen LogP contribution in [0.4, 0.5) is 0 Å². The van der Waals surface area contributed by atoms with Crippen LogP contribution in [0.25, 0.3) is 0 Å². The number of ketones is 1. The standard InChI is InChI=1S/C9H6O3/c1-5-3-2-4-6-7(5)8(10)9(11)12-6/h2-4H,1H3. The summed E-state index contributed by atoms with van der Waals surface area (Å²) in [6.07, 6.45) is 0. The summed E-state index contributed by atoms with van der Waals surface area (Å²) in [5.74, 6) is -0.938. The van der Waals surface area contributed by atoms with Gasteiger partial charge in [-0.15, -0.1) is 0 Å². The number of rotatable bonds is 0. The van der Waals surface area contributed by atoms with Crippen LogP contribution in [0.15, 0.2) is 18.2 Å². The first-order valence-corrected chi connectivity index (χ1v) is 3.56. The summed E-state index contributed by atoms with van der Waals surface area (Å²) in [6.45, 7) is 1.78. The van der Waals surface area contributed by atoms with Gasteiger partial charge in [-0.25, -0.2) is 4.79 Å². The number of esters is 1. The molecule has 0 bridgehead atoms. The Hall–Kier alpha value is -1.64. The zero-order chi connectivity index (χ0) is 8.72. The van der Waals surface area contributed by atoms with E-state index in [4.69, 9.17) is 4.74 Å². The van der Waals surface area contributed by atoms with Crippen molar-refractivity contribution in [2.24, 2.45) is 0 Å². The van der Waals surface area contributed by atoms with Crippen LogP contribution < -0.4 is 4.74 Å². The monoisotopic (exact) mass is 162 g/mol. The number of hydrogen-bond acceptors (Lipinski definition) is 3. The van der Waals surface area contributed by atoms with Gasteiger partial charge in [0.2, 0.25) is 0 Å². The van der Waals surface area contributed by atoms with Gasteiger partial charge < -0.3 is 4.74 Å². The first-order chi connectivity index (χ1) is 5.70. The van der Waals surface area contributed by atoms with Gasteiger partial charge in [-0.2, -0.15) is 0 Å². The van der Waals surface area contributed by atoms with Gasteiger partial charge in [0.25, 0.3) is 5.78 Å². The van der Waals surface area contributed by atoms with Gasteiger partial charge in [-0.1, -0.05) is 12.1 Å². The second-order valence-electron chi connectivity index (χ2n) is 2.67. The molecule has 3 heteroatoms. The maximum Gasteiger partial charge on any atom is 0.385 e. The molecule has 1 aliphatic heterocycles. The van der Waals surface area contributed by atoms with Crippen molar-refractivity contribution in [3.8, 4) is 5.75 Å². The molecule has 0 N–H and O–H groups in total. The third-order valence-electron chi connectivity index (χ3n) is 1.85. The summed E-state index contributed by atoms with van der Waals surface area (Å²) in [4.78, 5) is 22.0. The fourth-order valence-corrected chi connectivity index (χ4v) is 1.27. The number of carbonyl (C=O) groups is 2. The Morgan fingerprint density at radius 2 is 2.00 bits per heavy atom. The molecule has 12 heavy (non-hydrogen) atoms. The second kappa shape index (κ2) is 2.17. The molecule has 2 rings (SSSR count). The van der Waals surface area contributed by atoms with Crippen LogP contribution in [0.1, 0.15) is 15.9 Å². The first-order valence-electron chi connectivity index (χ1n) is 3.56. The number of ether oxygens (including phenoxy) is 1. The van der Waals surface area contributed by atoms with E-state index in [2.05, 4.69) is 0 Å². The van der Waals surface area contributed by atoms with Gasteiger partial charge in [0.1, 0.15) is 5.75 Å². The Morgan fingerprint density at radius 1 is 1.25 bits per heavy atom. The van der Waals surface area contributed by atoms with E-state index in [1.807, 2.05) is 0 Å². The van der Waals surface area contributed by atoms with E-state index < -0.39 is 11.8 Å². The molecule has 60 valence electrons. The minimum Gasteiger partial charge on any atom is -0.420 e. The molecule has 0 unspecified atom stereocenters. The van der Waals surface area contributed by atoms with Crippen molar-refractivity contribution < 1.29 is 14.3 Å². The third kappa shape index (κ3) is 0.763. The van der Waals surface area contributed by atoms with Crippen LogP contribution in [0, 0.1) is 6.92 Å². The molecule has 0 atom stereocenters.